The van der Waals surface area contributed by atoms with Gasteiger partial charge in [0, 0.05) is 6.04 Å². The molecule has 0 radical (unpaired) electrons. The highest BCUT2D eigenvalue weighted by molar-refractivity contribution is 5.18. The molecule has 0 spiro atoms. The van der Waals surface area contributed by atoms with E-state index in [9.17, 15) is 0 Å². The Morgan fingerprint density at radius 1 is 1.13 bits per heavy atom. The second kappa shape index (κ2) is 5.32. The Morgan fingerprint density at radius 2 is 1.80 bits per heavy atom. The van der Waals surface area contributed by atoms with E-state index in [1.54, 1.807) is 0 Å². The topological polar surface area (TPSA) is 26.0 Å². The molecule has 0 heterocycles. The Kier molecular flexibility index (Phi) is 3.79. The standard InChI is InChI=1S/C14H21N/c15-14(13-8-2-1-3-9-13)11-10-12-6-4-5-7-12/h1-3,8-9,12,14H,4-7,10-11,15H2. The Balaban J connectivity index is 1.79. The molecular formula is C14H21N. The van der Waals surface area contributed by atoms with Gasteiger partial charge in [0.25, 0.3) is 0 Å². The SMILES string of the molecule is NC(CCC1CCCC1)c1ccccc1. The van der Waals surface area contributed by atoms with E-state index in [1.165, 1.54) is 37.7 Å². The Hall–Kier alpha value is -0.820. The molecule has 1 aliphatic carbocycles. The molecule has 1 nitrogen and oxygen atoms in total. The van der Waals surface area contributed by atoms with Crippen LogP contribution >= 0.6 is 0 Å². The fourth-order valence-corrected chi connectivity index (χ4v) is 2.58. The van der Waals surface area contributed by atoms with Gasteiger partial charge in [-0.15, -0.1) is 0 Å². The van der Waals surface area contributed by atoms with Crippen LogP contribution in [-0.2, 0) is 0 Å². The van der Waals surface area contributed by atoms with E-state index in [0.29, 0.717) is 0 Å². The summed E-state index contributed by atoms with van der Waals surface area (Å²) in [5, 5.41) is 0. The van der Waals surface area contributed by atoms with Crippen molar-refractivity contribution in [2.75, 3.05) is 0 Å². The van der Waals surface area contributed by atoms with Gasteiger partial charge in [-0.3, -0.25) is 0 Å². The van der Waals surface area contributed by atoms with E-state index >= 15 is 0 Å². The summed E-state index contributed by atoms with van der Waals surface area (Å²) >= 11 is 0. The molecule has 0 saturated heterocycles. The van der Waals surface area contributed by atoms with E-state index in [-0.39, 0.29) is 6.04 Å². The number of hydrogen-bond donors (Lipinski definition) is 1. The quantitative estimate of drug-likeness (QED) is 0.794. The van der Waals surface area contributed by atoms with Gasteiger partial charge in [-0.2, -0.15) is 0 Å². The Labute approximate surface area is 92.7 Å². The Morgan fingerprint density at radius 3 is 2.47 bits per heavy atom. The van der Waals surface area contributed by atoms with Crippen molar-refractivity contribution in [3.05, 3.63) is 35.9 Å². The smallest absolute Gasteiger partial charge is 0.0294 e. The summed E-state index contributed by atoms with van der Waals surface area (Å²) in [4.78, 5) is 0. The van der Waals surface area contributed by atoms with E-state index < -0.39 is 0 Å². The van der Waals surface area contributed by atoms with Crippen LogP contribution in [0.25, 0.3) is 0 Å². The van der Waals surface area contributed by atoms with E-state index in [2.05, 4.69) is 24.3 Å². The molecule has 2 rings (SSSR count). The minimum absolute atomic E-state index is 0.242. The monoisotopic (exact) mass is 203 g/mol. The summed E-state index contributed by atoms with van der Waals surface area (Å²) < 4.78 is 0. The third-order valence-corrected chi connectivity index (χ3v) is 3.59. The van der Waals surface area contributed by atoms with Crippen LogP contribution < -0.4 is 5.73 Å². The van der Waals surface area contributed by atoms with Gasteiger partial charge in [0.15, 0.2) is 0 Å². The van der Waals surface area contributed by atoms with Crippen molar-refractivity contribution in [3.63, 3.8) is 0 Å². The second-order valence-corrected chi connectivity index (χ2v) is 4.75. The number of hydrogen-bond acceptors (Lipinski definition) is 1. The molecule has 0 aromatic heterocycles. The average molecular weight is 203 g/mol. The molecule has 0 bridgehead atoms. The molecule has 0 aliphatic heterocycles. The van der Waals surface area contributed by atoms with Crippen LogP contribution in [0, 0.1) is 5.92 Å². The van der Waals surface area contributed by atoms with Gasteiger partial charge in [-0.1, -0.05) is 56.0 Å². The lowest BCUT2D eigenvalue weighted by Gasteiger charge is -2.14. The zero-order valence-electron chi connectivity index (χ0n) is 9.36. The second-order valence-electron chi connectivity index (χ2n) is 4.75. The van der Waals surface area contributed by atoms with Crippen molar-refractivity contribution >= 4 is 0 Å². The normalized spacial score (nSPS) is 19.3. The molecule has 1 aliphatic rings. The first-order chi connectivity index (χ1) is 7.36. The summed E-state index contributed by atoms with van der Waals surface area (Å²) in [5.41, 5.74) is 7.46. The van der Waals surface area contributed by atoms with Gasteiger partial charge in [-0.05, 0) is 24.3 Å². The van der Waals surface area contributed by atoms with E-state index in [0.717, 1.165) is 12.3 Å². The third-order valence-electron chi connectivity index (χ3n) is 3.59. The van der Waals surface area contributed by atoms with Crippen LogP contribution in [0.2, 0.25) is 0 Å². The van der Waals surface area contributed by atoms with Crippen molar-refractivity contribution in [2.45, 2.75) is 44.6 Å². The summed E-state index contributed by atoms with van der Waals surface area (Å²) in [6, 6.07) is 10.7. The van der Waals surface area contributed by atoms with Crippen molar-refractivity contribution < 1.29 is 0 Å². The molecule has 1 fully saturated rings. The fraction of sp³-hybridized carbons (Fsp3) is 0.571. The molecule has 1 saturated carbocycles. The van der Waals surface area contributed by atoms with E-state index in [1.807, 2.05) is 6.07 Å². The largest absolute Gasteiger partial charge is 0.324 e. The highest BCUT2D eigenvalue weighted by atomic mass is 14.6. The Bertz CT molecular complexity index is 275. The zero-order valence-corrected chi connectivity index (χ0v) is 9.36. The minimum atomic E-state index is 0.242. The van der Waals surface area contributed by atoms with Crippen LogP contribution in [0.15, 0.2) is 30.3 Å². The maximum absolute atomic E-state index is 6.17. The van der Waals surface area contributed by atoms with Crippen molar-refractivity contribution in [3.8, 4) is 0 Å². The molecule has 0 amide bonds. The minimum Gasteiger partial charge on any atom is -0.324 e. The molecule has 1 aromatic carbocycles. The molecule has 1 atom stereocenters. The first-order valence-corrected chi connectivity index (χ1v) is 6.17. The van der Waals surface area contributed by atoms with Crippen LogP contribution in [0.4, 0.5) is 0 Å². The molecule has 15 heavy (non-hydrogen) atoms. The van der Waals surface area contributed by atoms with Crippen LogP contribution in [0.5, 0.6) is 0 Å². The van der Waals surface area contributed by atoms with Crippen LogP contribution in [0.1, 0.15) is 50.1 Å². The molecule has 2 N–H and O–H groups in total. The molecule has 1 heteroatoms. The number of rotatable bonds is 4. The first kappa shape index (κ1) is 10.7. The van der Waals surface area contributed by atoms with Crippen molar-refractivity contribution in [1.29, 1.82) is 0 Å². The van der Waals surface area contributed by atoms with Crippen molar-refractivity contribution in [2.24, 2.45) is 11.7 Å². The first-order valence-electron chi connectivity index (χ1n) is 6.17. The summed E-state index contributed by atoms with van der Waals surface area (Å²) in [6.07, 6.45) is 8.20. The van der Waals surface area contributed by atoms with Crippen LogP contribution in [0.3, 0.4) is 0 Å². The molecular weight excluding hydrogens is 182 g/mol. The van der Waals surface area contributed by atoms with Gasteiger partial charge in [-0.25, -0.2) is 0 Å². The number of nitrogens with two attached hydrogens (primary N) is 1. The van der Waals surface area contributed by atoms with Crippen molar-refractivity contribution in [1.82, 2.24) is 0 Å². The summed E-state index contributed by atoms with van der Waals surface area (Å²) in [6.45, 7) is 0. The highest BCUT2D eigenvalue weighted by Crippen LogP contribution is 2.30. The lowest BCUT2D eigenvalue weighted by atomic mass is 9.95. The maximum Gasteiger partial charge on any atom is 0.0294 e. The predicted octanol–water partition coefficient (Wildman–Crippen LogP) is 3.66. The van der Waals surface area contributed by atoms with Gasteiger partial charge >= 0.3 is 0 Å². The lowest BCUT2D eigenvalue weighted by Crippen LogP contribution is -2.11. The van der Waals surface area contributed by atoms with Gasteiger partial charge in [0.05, 0.1) is 0 Å². The third kappa shape index (κ3) is 3.07. The maximum atomic E-state index is 6.17. The summed E-state index contributed by atoms with van der Waals surface area (Å²) in [5.74, 6) is 0.958. The van der Waals surface area contributed by atoms with Gasteiger partial charge in [0.1, 0.15) is 0 Å². The summed E-state index contributed by atoms with van der Waals surface area (Å²) in [7, 11) is 0. The number of benzene rings is 1. The fourth-order valence-electron chi connectivity index (χ4n) is 2.58. The van der Waals surface area contributed by atoms with Gasteiger partial charge < -0.3 is 5.73 Å². The average Bonchev–Trinajstić information content (AvgIpc) is 2.80. The lowest BCUT2D eigenvalue weighted by molar-refractivity contribution is 0.454. The molecule has 1 unspecified atom stereocenters. The van der Waals surface area contributed by atoms with E-state index in [4.69, 9.17) is 5.73 Å². The van der Waals surface area contributed by atoms with Gasteiger partial charge in [0.2, 0.25) is 0 Å². The molecule has 82 valence electrons. The predicted molar refractivity (Wildman–Crippen MR) is 64.6 cm³/mol. The zero-order chi connectivity index (χ0) is 10.5. The van der Waals surface area contributed by atoms with Crippen LogP contribution in [-0.4, -0.2) is 0 Å². The highest BCUT2D eigenvalue weighted by Gasteiger charge is 2.16. The molecule has 1 aromatic rings.